The van der Waals surface area contributed by atoms with Gasteiger partial charge in [-0.2, -0.15) is 0 Å². The first kappa shape index (κ1) is 13.9. The Labute approximate surface area is 124 Å². The lowest BCUT2D eigenvalue weighted by atomic mass is 10.1. The van der Waals surface area contributed by atoms with Crippen molar-refractivity contribution in [1.29, 1.82) is 0 Å². The first-order chi connectivity index (χ1) is 8.56. The highest BCUT2D eigenvalue weighted by atomic mass is 79.9. The van der Waals surface area contributed by atoms with Gasteiger partial charge in [0.05, 0.1) is 5.02 Å². The molecule has 0 unspecified atom stereocenters. The maximum absolute atomic E-state index is 6.16. The van der Waals surface area contributed by atoms with Crippen molar-refractivity contribution in [3.63, 3.8) is 0 Å². The van der Waals surface area contributed by atoms with Crippen molar-refractivity contribution in [2.75, 3.05) is 0 Å². The molecule has 0 spiro atoms. The predicted molar refractivity (Wildman–Crippen MR) is 80.4 cm³/mol. The van der Waals surface area contributed by atoms with Crippen LogP contribution in [-0.4, -0.2) is 0 Å². The van der Waals surface area contributed by atoms with Gasteiger partial charge >= 0.3 is 0 Å². The number of hydrogen-bond donors (Lipinski definition) is 1. The highest BCUT2D eigenvalue weighted by Gasteiger charge is 2.06. The number of thiophene rings is 1. The summed E-state index contributed by atoms with van der Waals surface area (Å²) in [6, 6.07) is 7.67. The molecule has 1 aromatic heterocycles. The molecule has 0 amide bonds. The van der Waals surface area contributed by atoms with Crippen molar-refractivity contribution < 1.29 is 4.74 Å². The topological polar surface area (TPSA) is 35.2 Å². The van der Waals surface area contributed by atoms with E-state index in [1.54, 1.807) is 11.3 Å². The number of rotatable bonds is 4. The fraction of sp³-hybridized carbons (Fsp3) is 0.231. The quantitative estimate of drug-likeness (QED) is 0.866. The third kappa shape index (κ3) is 3.48. The van der Waals surface area contributed by atoms with Crippen LogP contribution in [0.1, 0.15) is 23.4 Å². The summed E-state index contributed by atoms with van der Waals surface area (Å²) in [6.07, 6.45) is 0. The second-order valence-electron chi connectivity index (χ2n) is 4.00. The van der Waals surface area contributed by atoms with E-state index in [1.165, 1.54) is 0 Å². The van der Waals surface area contributed by atoms with E-state index in [-0.39, 0.29) is 6.04 Å². The van der Waals surface area contributed by atoms with E-state index in [9.17, 15) is 0 Å². The molecule has 0 aliphatic carbocycles. The molecule has 2 rings (SSSR count). The minimum absolute atomic E-state index is 0.0233. The van der Waals surface area contributed by atoms with Gasteiger partial charge in [-0.15, -0.1) is 11.3 Å². The minimum atomic E-state index is -0.0233. The van der Waals surface area contributed by atoms with Gasteiger partial charge < -0.3 is 10.5 Å². The Hall–Kier alpha value is -0.550. The van der Waals surface area contributed by atoms with Gasteiger partial charge in [-0.25, -0.2) is 0 Å². The van der Waals surface area contributed by atoms with Gasteiger partial charge in [0.1, 0.15) is 12.4 Å². The summed E-state index contributed by atoms with van der Waals surface area (Å²) >= 11 is 11.2. The lowest BCUT2D eigenvalue weighted by molar-refractivity contribution is 0.310. The van der Waals surface area contributed by atoms with Gasteiger partial charge in [0.15, 0.2) is 0 Å². The number of halogens is 2. The number of hydrogen-bond acceptors (Lipinski definition) is 3. The van der Waals surface area contributed by atoms with Crippen LogP contribution in [0.25, 0.3) is 0 Å². The summed E-state index contributed by atoms with van der Waals surface area (Å²) in [7, 11) is 0. The molecule has 1 aromatic carbocycles. The Balaban J connectivity index is 2.05. The van der Waals surface area contributed by atoms with E-state index in [2.05, 4.69) is 15.9 Å². The summed E-state index contributed by atoms with van der Waals surface area (Å²) in [5.74, 6) is 0.686. The zero-order chi connectivity index (χ0) is 13.1. The van der Waals surface area contributed by atoms with Crippen LogP contribution in [0.2, 0.25) is 5.02 Å². The van der Waals surface area contributed by atoms with E-state index in [1.807, 2.05) is 36.6 Å². The van der Waals surface area contributed by atoms with E-state index in [0.717, 1.165) is 14.9 Å². The second kappa shape index (κ2) is 6.06. The summed E-state index contributed by atoms with van der Waals surface area (Å²) in [6.45, 7) is 2.45. The lowest BCUT2D eigenvalue weighted by Crippen LogP contribution is -2.05. The first-order valence-corrected chi connectivity index (χ1v) is 7.52. The molecule has 18 heavy (non-hydrogen) atoms. The third-order valence-electron chi connectivity index (χ3n) is 2.47. The molecule has 0 aliphatic rings. The van der Waals surface area contributed by atoms with Crippen LogP contribution < -0.4 is 10.5 Å². The smallest absolute Gasteiger partial charge is 0.138 e. The van der Waals surface area contributed by atoms with Gasteiger partial charge in [0.25, 0.3) is 0 Å². The molecule has 2 N–H and O–H groups in total. The van der Waals surface area contributed by atoms with Crippen LogP contribution in [0, 0.1) is 0 Å². The molecule has 0 saturated heterocycles. The summed E-state index contributed by atoms with van der Waals surface area (Å²) in [5, 5.41) is 2.62. The Morgan fingerprint density at radius 2 is 2.22 bits per heavy atom. The van der Waals surface area contributed by atoms with Crippen molar-refractivity contribution in [3.05, 3.63) is 49.6 Å². The van der Waals surface area contributed by atoms with Crippen LogP contribution in [0.3, 0.4) is 0 Å². The largest absolute Gasteiger partial charge is 0.487 e. The van der Waals surface area contributed by atoms with Crippen LogP contribution in [0.5, 0.6) is 5.75 Å². The molecule has 0 fully saturated rings. The van der Waals surface area contributed by atoms with Crippen molar-refractivity contribution in [3.8, 4) is 5.75 Å². The fourth-order valence-electron chi connectivity index (χ4n) is 1.50. The van der Waals surface area contributed by atoms with Crippen LogP contribution in [0.15, 0.2) is 34.1 Å². The van der Waals surface area contributed by atoms with Crippen LogP contribution >= 0.6 is 38.9 Å². The molecule has 2 aromatic rings. The molecule has 0 saturated carbocycles. The van der Waals surface area contributed by atoms with Crippen molar-refractivity contribution in [2.24, 2.45) is 5.73 Å². The maximum Gasteiger partial charge on any atom is 0.138 e. The maximum atomic E-state index is 6.16. The SMILES string of the molecule is C[C@H](N)c1ccc(OCc2cc(Br)cs2)c(Cl)c1. The Kier molecular flexibility index (Phi) is 4.67. The Morgan fingerprint density at radius 3 is 2.78 bits per heavy atom. The third-order valence-corrected chi connectivity index (χ3v) is 4.44. The van der Waals surface area contributed by atoms with Gasteiger partial charge in [0.2, 0.25) is 0 Å². The average molecular weight is 347 g/mol. The number of ether oxygens (including phenoxy) is 1. The lowest BCUT2D eigenvalue weighted by Gasteiger charge is -2.10. The Morgan fingerprint density at radius 1 is 1.44 bits per heavy atom. The van der Waals surface area contributed by atoms with Crippen LogP contribution in [-0.2, 0) is 6.61 Å². The monoisotopic (exact) mass is 345 g/mol. The second-order valence-corrected chi connectivity index (χ2v) is 6.32. The van der Waals surface area contributed by atoms with E-state index in [4.69, 9.17) is 22.1 Å². The summed E-state index contributed by atoms with van der Waals surface area (Å²) < 4.78 is 6.76. The molecule has 0 aliphatic heterocycles. The standard InChI is InChI=1S/C13H13BrClNOS/c1-8(16)9-2-3-13(12(15)4-9)17-6-11-5-10(14)7-18-11/h2-5,7-8H,6,16H2,1H3/t8-/m0/s1. The van der Waals surface area contributed by atoms with Gasteiger partial charge in [0, 0.05) is 20.8 Å². The zero-order valence-corrected chi connectivity index (χ0v) is 13.0. The molecule has 2 nitrogen and oxygen atoms in total. The fourth-order valence-corrected chi connectivity index (χ4v) is 3.10. The normalized spacial score (nSPS) is 12.4. The summed E-state index contributed by atoms with van der Waals surface area (Å²) in [5.41, 5.74) is 6.80. The predicted octanol–water partition coefficient (Wildman–Crippen LogP) is 4.76. The first-order valence-electron chi connectivity index (χ1n) is 5.47. The van der Waals surface area contributed by atoms with E-state index < -0.39 is 0 Å². The van der Waals surface area contributed by atoms with Gasteiger partial charge in [-0.1, -0.05) is 17.7 Å². The molecule has 96 valence electrons. The minimum Gasteiger partial charge on any atom is -0.487 e. The van der Waals surface area contributed by atoms with E-state index in [0.29, 0.717) is 17.4 Å². The van der Waals surface area contributed by atoms with Gasteiger partial charge in [-0.05, 0) is 46.6 Å². The molecule has 1 heterocycles. The van der Waals surface area contributed by atoms with Gasteiger partial charge in [-0.3, -0.25) is 0 Å². The van der Waals surface area contributed by atoms with Crippen LogP contribution in [0.4, 0.5) is 0 Å². The molecule has 0 bridgehead atoms. The highest BCUT2D eigenvalue weighted by Crippen LogP contribution is 2.29. The van der Waals surface area contributed by atoms with Crippen molar-refractivity contribution >= 4 is 38.9 Å². The molecular formula is C13H13BrClNOS. The van der Waals surface area contributed by atoms with E-state index >= 15 is 0 Å². The average Bonchev–Trinajstić information content (AvgIpc) is 2.73. The number of nitrogens with two attached hydrogens (primary N) is 1. The van der Waals surface area contributed by atoms with Crippen molar-refractivity contribution in [1.82, 2.24) is 0 Å². The Bertz CT molecular complexity index is 542. The molecule has 1 atom stereocenters. The van der Waals surface area contributed by atoms with Crippen molar-refractivity contribution in [2.45, 2.75) is 19.6 Å². The molecule has 0 radical (unpaired) electrons. The molecular weight excluding hydrogens is 334 g/mol. The number of benzene rings is 1. The molecule has 5 heteroatoms. The zero-order valence-electron chi connectivity index (χ0n) is 9.82. The summed E-state index contributed by atoms with van der Waals surface area (Å²) in [4.78, 5) is 1.15. The highest BCUT2D eigenvalue weighted by molar-refractivity contribution is 9.10.